The van der Waals surface area contributed by atoms with E-state index in [9.17, 15) is 14.7 Å². The van der Waals surface area contributed by atoms with E-state index in [-0.39, 0.29) is 29.8 Å². The molecule has 0 bridgehead atoms. The van der Waals surface area contributed by atoms with Crippen molar-refractivity contribution in [2.24, 2.45) is 11.7 Å². The van der Waals surface area contributed by atoms with Crippen LogP contribution in [0.5, 0.6) is 0 Å². The quantitative estimate of drug-likeness (QED) is 0.326. The number of halogens is 1. The lowest BCUT2D eigenvalue weighted by Crippen LogP contribution is -2.58. The van der Waals surface area contributed by atoms with Crippen LogP contribution in [0.1, 0.15) is 57.4 Å². The fourth-order valence-corrected chi connectivity index (χ4v) is 6.63. The van der Waals surface area contributed by atoms with Gasteiger partial charge in [-0.2, -0.15) is 0 Å². The molecule has 1 aromatic heterocycles. The average molecular weight is 575 g/mol. The van der Waals surface area contributed by atoms with E-state index in [1.54, 1.807) is 49.3 Å². The Morgan fingerprint density at radius 2 is 1.74 bits per heavy atom. The first-order chi connectivity index (χ1) is 20.0. The number of methoxy groups -OCH3 is 1. The molecule has 2 fully saturated rings. The van der Waals surface area contributed by atoms with Gasteiger partial charge in [0.05, 0.1) is 12.7 Å². The topological polar surface area (TPSA) is 118 Å². The van der Waals surface area contributed by atoms with E-state index in [4.69, 9.17) is 10.5 Å². The summed E-state index contributed by atoms with van der Waals surface area (Å²) in [6, 6.07) is 16.1. The fraction of sp³-hybridized carbons (Fsp3) is 0.424. The molecular formula is C33H39FN4O4. The van der Waals surface area contributed by atoms with Gasteiger partial charge in [-0.15, -0.1) is 0 Å². The lowest BCUT2D eigenvalue weighted by atomic mass is 9.63. The zero-order chi connectivity index (χ0) is 30.1. The first-order valence-corrected chi connectivity index (χ1v) is 14.5. The van der Waals surface area contributed by atoms with E-state index >= 15 is 4.39 Å². The highest BCUT2D eigenvalue weighted by atomic mass is 19.1. The van der Waals surface area contributed by atoms with Crippen LogP contribution in [-0.4, -0.2) is 52.8 Å². The molecule has 4 N–H and O–H groups in total. The zero-order valence-electron chi connectivity index (χ0n) is 24.4. The van der Waals surface area contributed by atoms with Gasteiger partial charge in [0.15, 0.2) is 0 Å². The van der Waals surface area contributed by atoms with Crippen LogP contribution in [0.2, 0.25) is 0 Å². The molecule has 3 aromatic rings. The number of amides is 2. The summed E-state index contributed by atoms with van der Waals surface area (Å²) in [7, 11) is 3.12. The number of nitrogens with two attached hydrogens (primary N) is 1. The maximum absolute atomic E-state index is 15.0. The van der Waals surface area contributed by atoms with Crippen molar-refractivity contribution in [3.05, 3.63) is 72.2 Å². The number of carbonyl (C=O) groups is 2. The van der Waals surface area contributed by atoms with Crippen LogP contribution in [0.3, 0.4) is 0 Å². The third-order valence-electron chi connectivity index (χ3n) is 8.80. The highest BCUT2D eigenvalue weighted by molar-refractivity contribution is 5.92. The van der Waals surface area contributed by atoms with Crippen molar-refractivity contribution in [1.29, 1.82) is 0 Å². The maximum Gasteiger partial charge on any atom is 0.409 e. The summed E-state index contributed by atoms with van der Waals surface area (Å²) in [5.74, 6) is 0.0512. The smallest absolute Gasteiger partial charge is 0.409 e. The van der Waals surface area contributed by atoms with Gasteiger partial charge in [0.25, 0.3) is 0 Å². The van der Waals surface area contributed by atoms with Crippen LogP contribution in [0.25, 0.3) is 22.3 Å². The molecule has 0 spiro atoms. The van der Waals surface area contributed by atoms with Gasteiger partial charge in [-0.05, 0) is 80.2 Å². The van der Waals surface area contributed by atoms with Crippen LogP contribution in [-0.2, 0) is 15.1 Å². The summed E-state index contributed by atoms with van der Waals surface area (Å²) in [4.78, 5) is 31.0. The second-order valence-electron chi connectivity index (χ2n) is 12.2. The molecule has 9 heteroatoms. The fourth-order valence-electron chi connectivity index (χ4n) is 6.63. The molecule has 2 aliphatic carbocycles. The number of aliphatic hydroxyl groups is 1. The minimum Gasteiger partial charge on any atom is -0.453 e. The van der Waals surface area contributed by atoms with Crippen molar-refractivity contribution in [3.63, 3.8) is 0 Å². The summed E-state index contributed by atoms with van der Waals surface area (Å²) >= 11 is 0. The Morgan fingerprint density at radius 1 is 1.07 bits per heavy atom. The summed E-state index contributed by atoms with van der Waals surface area (Å²) in [6.45, 7) is 1.79. The number of benzene rings is 2. The summed E-state index contributed by atoms with van der Waals surface area (Å²) in [5, 5.41) is 13.1. The van der Waals surface area contributed by atoms with Crippen molar-refractivity contribution >= 4 is 17.8 Å². The molecule has 2 saturated carbocycles. The molecule has 8 nitrogen and oxygen atoms in total. The number of nitrogens with one attached hydrogen (secondary N) is 1. The number of anilines is 1. The van der Waals surface area contributed by atoms with Crippen molar-refractivity contribution in [2.75, 3.05) is 19.5 Å². The molecule has 2 aliphatic rings. The molecule has 222 valence electrons. The zero-order valence-corrected chi connectivity index (χ0v) is 24.4. The number of carbonyl (C=O) groups excluding carboxylic acids is 2. The largest absolute Gasteiger partial charge is 0.453 e. The molecule has 0 radical (unpaired) electrons. The summed E-state index contributed by atoms with van der Waals surface area (Å²) in [6.07, 6.45) is 5.95. The van der Waals surface area contributed by atoms with Crippen molar-refractivity contribution in [3.8, 4) is 22.3 Å². The molecule has 0 saturated heterocycles. The van der Waals surface area contributed by atoms with E-state index in [1.807, 2.05) is 24.3 Å². The average Bonchev–Trinajstić information content (AvgIpc) is 2.96. The van der Waals surface area contributed by atoms with Crippen molar-refractivity contribution < 1.29 is 23.8 Å². The molecule has 2 aromatic carbocycles. The standard InChI is InChI=1S/C33H39FN4O4/c1-32(41)19-33(35,20-32)23-12-10-22(11-13-23)27-18-36-29(17-26(27)25-6-4-5-7-28(25)34)37-30(39)16-21-8-14-24(15-9-21)38(2)31(40)42-3/h4-7,10-13,17-18,21,24,41H,8-9,14-16,19-20,35H2,1-3H3,(H,36,37,39)/t21?,24?,32-,33-. The van der Waals surface area contributed by atoms with Crippen LogP contribution in [0.4, 0.5) is 15.0 Å². The summed E-state index contributed by atoms with van der Waals surface area (Å²) < 4.78 is 19.8. The number of hydrogen-bond acceptors (Lipinski definition) is 6. The lowest BCUT2D eigenvalue weighted by Gasteiger charge is -2.49. The van der Waals surface area contributed by atoms with E-state index in [1.165, 1.54) is 13.2 Å². The van der Waals surface area contributed by atoms with E-state index in [2.05, 4.69) is 10.3 Å². The maximum atomic E-state index is 15.0. The number of pyridine rings is 1. The van der Waals surface area contributed by atoms with Gasteiger partial charge >= 0.3 is 6.09 Å². The second kappa shape index (κ2) is 11.8. The molecule has 42 heavy (non-hydrogen) atoms. The number of aromatic nitrogens is 1. The van der Waals surface area contributed by atoms with E-state index < -0.39 is 11.1 Å². The van der Waals surface area contributed by atoms with E-state index in [0.717, 1.165) is 42.4 Å². The highest BCUT2D eigenvalue weighted by Gasteiger charge is 2.49. The molecule has 0 aliphatic heterocycles. The predicted molar refractivity (Wildman–Crippen MR) is 160 cm³/mol. The minimum absolute atomic E-state index is 0.113. The Labute approximate surface area is 246 Å². The van der Waals surface area contributed by atoms with Crippen molar-refractivity contribution in [1.82, 2.24) is 9.88 Å². The Morgan fingerprint density at radius 3 is 2.36 bits per heavy atom. The van der Waals surface area contributed by atoms with Gasteiger partial charge < -0.3 is 25.8 Å². The SMILES string of the molecule is COC(=O)N(C)C1CCC(CC(=O)Nc2cc(-c3ccccc3F)c(-c3ccc([C@]4(N)C[C@](C)(O)C4)cc3)cn2)CC1. The van der Waals surface area contributed by atoms with Crippen LogP contribution >= 0.6 is 0 Å². The van der Waals surface area contributed by atoms with Gasteiger partial charge in [0, 0.05) is 42.4 Å². The molecule has 0 unspecified atom stereocenters. The molecule has 1 heterocycles. The third-order valence-corrected chi connectivity index (χ3v) is 8.80. The molecule has 5 rings (SSSR count). The number of rotatable bonds is 7. The van der Waals surface area contributed by atoms with Gasteiger partial charge in [0.2, 0.25) is 5.91 Å². The Balaban J connectivity index is 1.31. The number of hydrogen-bond donors (Lipinski definition) is 3. The van der Waals surface area contributed by atoms with Gasteiger partial charge in [0.1, 0.15) is 11.6 Å². The monoisotopic (exact) mass is 574 g/mol. The number of ether oxygens (including phenoxy) is 1. The molecule has 0 atom stereocenters. The summed E-state index contributed by atoms with van der Waals surface area (Å²) in [5.41, 5.74) is 8.72. The van der Waals surface area contributed by atoms with Crippen molar-refractivity contribution in [2.45, 2.75) is 69.1 Å². The molecular weight excluding hydrogens is 535 g/mol. The van der Waals surface area contributed by atoms with E-state index in [0.29, 0.717) is 36.2 Å². The first kappa shape index (κ1) is 29.7. The first-order valence-electron chi connectivity index (χ1n) is 14.5. The van der Waals surface area contributed by atoms with Crippen LogP contribution in [0.15, 0.2) is 60.8 Å². The van der Waals surface area contributed by atoms with Gasteiger partial charge in [-0.1, -0.05) is 42.5 Å². The minimum atomic E-state index is -0.754. The third kappa shape index (κ3) is 6.32. The van der Waals surface area contributed by atoms with Crippen LogP contribution in [0, 0.1) is 11.7 Å². The highest BCUT2D eigenvalue weighted by Crippen LogP contribution is 2.46. The van der Waals surface area contributed by atoms with Gasteiger partial charge in [-0.3, -0.25) is 4.79 Å². The second-order valence-corrected chi connectivity index (χ2v) is 12.2. The Kier molecular flexibility index (Phi) is 8.35. The van der Waals surface area contributed by atoms with Crippen LogP contribution < -0.4 is 11.1 Å². The molecule has 2 amide bonds. The lowest BCUT2D eigenvalue weighted by molar-refractivity contribution is -0.117. The predicted octanol–water partition coefficient (Wildman–Crippen LogP) is 5.84. The Bertz CT molecular complexity index is 1440. The van der Waals surface area contributed by atoms with Gasteiger partial charge in [-0.25, -0.2) is 14.2 Å². The normalized spacial score (nSPS) is 25.3. The Hall–Kier alpha value is -3.82. The number of nitrogens with zero attached hydrogens (tertiary/aromatic N) is 2.